The van der Waals surface area contributed by atoms with Gasteiger partial charge in [0, 0.05) is 29.7 Å². The third-order valence-corrected chi connectivity index (χ3v) is 4.58. The molecule has 0 aliphatic carbocycles. The first-order valence-electron chi connectivity index (χ1n) is 8.67. The molecule has 0 unspecified atom stereocenters. The summed E-state index contributed by atoms with van der Waals surface area (Å²) < 4.78 is 10.6. The number of hydrogen-bond acceptors (Lipinski definition) is 3. The van der Waals surface area contributed by atoms with E-state index in [1.807, 2.05) is 30.3 Å². The predicted molar refractivity (Wildman–Crippen MR) is 99.5 cm³/mol. The quantitative estimate of drug-likeness (QED) is 0.660. The SMILES string of the molecule is Cc1[nH]c2ccccc2c1CCNC(=O)NCc1ccc2c(c1)OCO2. The van der Waals surface area contributed by atoms with Gasteiger partial charge in [-0.3, -0.25) is 0 Å². The van der Waals surface area contributed by atoms with E-state index in [0.717, 1.165) is 34.7 Å². The molecule has 26 heavy (non-hydrogen) atoms. The van der Waals surface area contributed by atoms with E-state index in [2.05, 4.69) is 34.7 Å². The molecule has 3 N–H and O–H groups in total. The lowest BCUT2D eigenvalue weighted by molar-refractivity contribution is 0.174. The van der Waals surface area contributed by atoms with Crippen LogP contribution >= 0.6 is 0 Å². The molecule has 6 heteroatoms. The molecule has 4 rings (SSSR count). The molecular weight excluding hydrogens is 330 g/mol. The molecule has 0 saturated carbocycles. The number of nitrogens with one attached hydrogen (secondary N) is 3. The Kier molecular flexibility index (Phi) is 4.39. The van der Waals surface area contributed by atoms with E-state index < -0.39 is 0 Å². The topological polar surface area (TPSA) is 75.4 Å². The van der Waals surface area contributed by atoms with Gasteiger partial charge in [0.25, 0.3) is 0 Å². The summed E-state index contributed by atoms with van der Waals surface area (Å²) in [4.78, 5) is 15.4. The summed E-state index contributed by atoms with van der Waals surface area (Å²) >= 11 is 0. The average molecular weight is 351 g/mol. The minimum Gasteiger partial charge on any atom is -0.454 e. The summed E-state index contributed by atoms with van der Waals surface area (Å²) in [6.07, 6.45) is 0.785. The van der Waals surface area contributed by atoms with Crippen LogP contribution in [0.1, 0.15) is 16.8 Å². The molecule has 0 bridgehead atoms. The highest BCUT2D eigenvalue weighted by atomic mass is 16.7. The summed E-state index contributed by atoms with van der Waals surface area (Å²) in [5, 5.41) is 7.00. The highest BCUT2D eigenvalue weighted by Gasteiger charge is 2.13. The monoisotopic (exact) mass is 351 g/mol. The number of aryl methyl sites for hydroxylation is 1. The highest BCUT2D eigenvalue weighted by Crippen LogP contribution is 2.32. The lowest BCUT2D eigenvalue weighted by Crippen LogP contribution is -2.36. The zero-order chi connectivity index (χ0) is 17.9. The van der Waals surface area contributed by atoms with Crippen molar-refractivity contribution in [2.24, 2.45) is 0 Å². The van der Waals surface area contributed by atoms with Gasteiger partial charge in [-0.05, 0) is 42.7 Å². The van der Waals surface area contributed by atoms with Gasteiger partial charge in [-0.2, -0.15) is 0 Å². The molecular formula is C20H21N3O3. The van der Waals surface area contributed by atoms with Crippen molar-refractivity contribution in [2.45, 2.75) is 19.9 Å². The summed E-state index contributed by atoms with van der Waals surface area (Å²) in [7, 11) is 0. The van der Waals surface area contributed by atoms with Gasteiger partial charge in [-0.25, -0.2) is 4.79 Å². The summed E-state index contributed by atoms with van der Waals surface area (Å²) in [6, 6.07) is 13.7. The molecule has 134 valence electrons. The molecule has 2 aromatic carbocycles. The number of ether oxygens (including phenoxy) is 2. The number of amides is 2. The normalized spacial score (nSPS) is 12.3. The lowest BCUT2D eigenvalue weighted by Gasteiger charge is -2.08. The van der Waals surface area contributed by atoms with Crippen LogP contribution in [0.2, 0.25) is 0 Å². The van der Waals surface area contributed by atoms with E-state index in [1.54, 1.807) is 0 Å². The van der Waals surface area contributed by atoms with E-state index in [4.69, 9.17) is 9.47 Å². The van der Waals surface area contributed by atoms with Crippen LogP contribution in [0.25, 0.3) is 10.9 Å². The van der Waals surface area contributed by atoms with Crippen molar-refractivity contribution in [3.63, 3.8) is 0 Å². The van der Waals surface area contributed by atoms with Crippen LogP contribution in [-0.2, 0) is 13.0 Å². The molecule has 1 aromatic heterocycles. The number of aromatic amines is 1. The average Bonchev–Trinajstić information content (AvgIpc) is 3.24. The van der Waals surface area contributed by atoms with Gasteiger partial charge in [-0.15, -0.1) is 0 Å². The predicted octanol–water partition coefficient (Wildman–Crippen LogP) is 3.25. The molecule has 0 fully saturated rings. The van der Waals surface area contributed by atoms with Crippen molar-refractivity contribution in [1.29, 1.82) is 0 Å². The molecule has 0 radical (unpaired) electrons. The first-order valence-corrected chi connectivity index (χ1v) is 8.67. The second-order valence-corrected chi connectivity index (χ2v) is 6.32. The highest BCUT2D eigenvalue weighted by molar-refractivity contribution is 5.84. The first-order chi connectivity index (χ1) is 12.7. The standard InChI is InChI=1S/C20H21N3O3/c1-13-15(16-4-2-3-5-17(16)23-13)8-9-21-20(24)22-11-14-6-7-18-19(10-14)26-12-25-18/h2-7,10,23H,8-9,11-12H2,1H3,(H2,21,22,24). The Morgan fingerprint density at radius 1 is 1.12 bits per heavy atom. The fourth-order valence-corrected chi connectivity index (χ4v) is 3.25. The maximum Gasteiger partial charge on any atom is 0.315 e. The number of carbonyl (C=O) groups excluding carboxylic acids is 1. The smallest absolute Gasteiger partial charge is 0.315 e. The third kappa shape index (κ3) is 3.31. The third-order valence-electron chi connectivity index (χ3n) is 4.58. The molecule has 3 aromatic rings. The minimum absolute atomic E-state index is 0.180. The van der Waals surface area contributed by atoms with Crippen molar-refractivity contribution in [1.82, 2.24) is 15.6 Å². The van der Waals surface area contributed by atoms with Gasteiger partial charge in [0.2, 0.25) is 6.79 Å². The number of para-hydroxylation sites is 1. The van der Waals surface area contributed by atoms with E-state index >= 15 is 0 Å². The molecule has 1 aliphatic rings. The molecule has 1 aliphatic heterocycles. The van der Waals surface area contributed by atoms with Crippen molar-refractivity contribution < 1.29 is 14.3 Å². The van der Waals surface area contributed by atoms with E-state index in [-0.39, 0.29) is 12.8 Å². The van der Waals surface area contributed by atoms with Crippen LogP contribution in [0.4, 0.5) is 4.79 Å². The molecule has 2 amide bonds. The van der Waals surface area contributed by atoms with Crippen molar-refractivity contribution in [3.05, 3.63) is 59.3 Å². The molecule has 2 heterocycles. The summed E-state index contributed by atoms with van der Waals surface area (Å²) in [5.74, 6) is 1.46. The van der Waals surface area contributed by atoms with E-state index in [0.29, 0.717) is 13.1 Å². The maximum absolute atomic E-state index is 12.0. The summed E-state index contributed by atoms with van der Waals surface area (Å²) in [6.45, 7) is 3.33. The van der Waals surface area contributed by atoms with Crippen LogP contribution in [0, 0.1) is 6.92 Å². The maximum atomic E-state index is 12.0. The molecule has 0 saturated heterocycles. The van der Waals surface area contributed by atoms with E-state index in [1.165, 1.54) is 10.9 Å². The Morgan fingerprint density at radius 2 is 1.96 bits per heavy atom. The second-order valence-electron chi connectivity index (χ2n) is 6.32. The van der Waals surface area contributed by atoms with Gasteiger partial charge in [0.15, 0.2) is 11.5 Å². The fourth-order valence-electron chi connectivity index (χ4n) is 3.25. The minimum atomic E-state index is -0.180. The van der Waals surface area contributed by atoms with Gasteiger partial charge in [0.1, 0.15) is 0 Å². The number of urea groups is 1. The van der Waals surface area contributed by atoms with Crippen molar-refractivity contribution in [3.8, 4) is 11.5 Å². The van der Waals surface area contributed by atoms with Crippen LogP contribution in [0.3, 0.4) is 0 Å². The molecule has 0 spiro atoms. The van der Waals surface area contributed by atoms with Crippen LogP contribution in [0.5, 0.6) is 11.5 Å². The first kappa shape index (κ1) is 16.3. The van der Waals surface area contributed by atoms with Gasteiger partial charge in [0.05, 0.1) is 0 Å². The number of rotatable bonds is 5. The Bertz CT molecular complexity index is 949. The lowest BCUT2D eigenvalue weighted by atomic mass is 10.1. The molecule has 0 atom stereocenters. The number of aromatic nitrogens is 1. The zero-order valence-electron chi connectivity index (χ0n) is 14.6. The second kappa shape index (κ2) is 7.00. The Balaban J connectivity index is 1.28. The number of hydrogen-bond donors (Lipinski definition) is 3. The van der Waals surface area contributed by atoms with E-state index in [9.17, 15) is 4.79 Å². The van der Waals surface area contributed by atoms with Crippen LogP contribution in [0.15, 0.2) is 42.5 Å². The number of fused-ring (bicyclic) bond motifs is 2. The number of carbonyl (C=O) groups is 1. The Morgan fingerprint density at radius 3 is 2.88 bits per heavy atom. The van der Waals surface area contributed by atoms with Crippen LogP contribution < -0.4 is 20.1 Å². The van der Waals surface area contributed by atoms with Gasteiger partial charge >= 0.3 is 6.03 Å². The number of H-pyrrole nitrogens is 1. The fraction of sp³-hybridized carbons (Fsp3) is 0.250. The van der Waals surface area contributed by atoms with Crippen LogP contribution in [-0.4, -0.2) is 24.4 Å². The van der Waals surface area contributed by atoms with Gasteiger partial charge in [-0.1, -0.05) is 24.3 Å². The number of benzene rings is 2. The van der Waals surface area contributed by atoms with Gasteiger partial charge < -0.3 is 25.1 Å². The van der Waals surface area contributed by atoms with Crippen molar-refractivity contribution in [2.75, 3.05) is 13.3 Å². The summed E-state index contributed by atoms with van der Waals surface area (Å²) in [5.41, 5.74) is 4.49. The zero-order valence-corrected chi connectivity index (χ0v) is 14.6. The Hall–Kier alpha value is -3.15. The largest absolute Gasteiger partial charge is 0.454 e. The molecule has 6 nitrogen and oxygen atoms in total. The Labute approximate surface area is 151 Å². The van der Waals surface area contributed by atoms with Crippen molar-refractivity contribution >= 4 is 16.9 Å².